The number of aryl methyl sites for hydroxylation is 3. The minimum atomic E-state index is -1.74. The van der Waals surface area contributed by atoms with Crippen molar-refractivity contribution in [2.75, 3.05) is 0 Å². The summed E-state index contributed by atoms with van der Waals surface area (Å²) in [6, 6.07) is 5.18. The SMILES string of the molecule is Cc1cccc(C)c1C(=O)c1c(C)nn(-c2c(F)c(F)cc(F)c2F)c1O.[Zn]. The van der Waals surface area contributed by atoms with Crippen LogP contribution in [0.3, 0.4) is 0 Å². The molecule has 9 heteroatoms. The van der Waals surface area contributed by atoms with E-state index >= 15 is 0 Å². The second-order valence-electron chi connectivity index (χ2n) is 6.11. The van der Waals surface area contributed by atoms with E-state index in [-0.39, 0.29) is 41.5 Å². The summed E-state index contributed by atoms with van der Waals surface area (Å²) < 4.78 is 55.4. The first-order chi connectivity index (χ1) is 12.6. The third-order valence-corrected chi connectivity index (χ3v) is 4.27. The van der Waals surface area contributed by atoms with Crippen LogP contribution in [0.1, 0.15) is 32.7 Å². The van der Waals surface area contributed by atoms with Crippen molar-refractivity contribution in [3.05, 3.63) is 75.5 Å². The van der Waals surface area contributed by atoms with Crippen LogP contribution in [0.5, 0.6) is 5.88 Å². The van der Waals surface area contributed by atoms with Crippen LogP contribution >= 0.6 is 0 Å². The molecule has 2 aromatic carbocycles. The number of rotatable bonds is 3. The molecule has 0 saturated carbocycles. The fourth-order valence-electron chi connectivity index (χ4n) is 2.98. The van der Waals surface area contributed by atoms with Crippen LogP contribution in [0.25, 0.3) is 5.69 Å². The molecule has 1 N–H and O–H groups in total. The Morgan fingerprint density at radius 1 is 0.964 bits per heavy atom. The molecule has 0 aliphatic heterocycles. The van der Waals surface area contributed by atoms with Crippen LogP contribution in [0.2, 0.25) is 0 Å². The Balaban J connectivity index is 0.00000280. The van der Waals surface area contributed by atoms with Gasteiger partial charge in [-0.3, -0.25) is 4.79 Å². The zero-order chi connectivity index (χ0) is 20.0. The molecule has 1 heterocycles. The van der Waals surface area contributed by atoms with Crippen molar-refractivity contribution in [1.82, 2.24) is 9.78 Å². The molecular weight excluding hydrogens is 430 g/mol. The summed E-state index contributed by atoms with van der Waals surface area (Å²) >= 11 is 0. The van der Waals surface area contributed by atoms with Gasteiger partial charge in [-0.2, -0.15) is 9.78 Å². The van der Waals surface area contributed by atoms with Gasteiger partial charge in [-0.25, -0.2) is 17.6 Å². The predicted molar refractivity (Wildman–Crippen MR) is 89.1 cm³/mol. The van der Waals surface area contributed by atoms with E-state index in [4.69, 9.17) is 0 Å². The van der Waals surface area contributed by atoms with Crippen LogP contribution in [0.4, 0.5) is 17.6 Å². The van der Waals surface area contributed by atoms with Crippen LogP contribution in [-0.2, 0) is 19.5 Å². The van der Waals surface area contributed by atoms with Crippen molar-refractivity contribution in [1.29, 1.82) is 0 Å². The Morgan fingerprint density at radius 2 is 1.46 bits per heavy atom. The van der Waals surface area contributed by atoms with Gasteiger partial charge in [-0.1, -0.05) is 18.2 Å². The van der Waals surface area contributed by atoms with Crippen LogP contribution in [0.15, 0.2) is 24.3 Å². The second-order valence-corrected chi connectivity index (χ2v) is 6.11. The largest absolute Gasteiger partial charge is 0.493 e. The molecule has 1 aromatic heterocycles. The topological polar surface area (TPSA) is 55.1 Å². The van der Waals surface area contributed by atoms with Crippen molar-refractivity contribution in [2.45, 2.75) is 20.8 Å². The van der Waals surface area contributed by atoms with Gasteiger partial charge in [-0.15, -0.1) is 0 Å². The average Bonchev–Trinajstić information content (AvgIpc) is 2.87. The average molecular weight is 444 g/mol. The third kappa shape index (κ3) is 3.35. The van der Waals surface area contributed by atoms with Gasteiger partial charge in [0.25, 0.3) is 0 Å². The fourth-order valence-corrected chi connectivity index (χ4v) is 2.98. The van der Waals surface area contributed by atoms with Crippen molar-refractivity contribution in [3.63, 3.8) is 0 Å². The zero-order valence-corrected chi connectivity index (χ0v) is 18.2. The van der Waals surface area contributed by atoms with Gasteiger partial charge in [-0.05, 0) is 31.9 Å². The number of hydrogen-bond acceptors (Lipinski definition) is 3. The zero-order valence-electron chi connectivity index (χ0n) is 15.3. The normalized spacial score (nSPS) is 10.7. The Labute approximate surface area is 170 Å². The monoisotopic (exact) mass is 442 g/mol. The Kier molecular flexibility index (Phi) is 6.09. The van der Waals surface area contributed by atoms with Crippen molar-refractivity contribution < 1.29 is 46.9 Å². The van der Waals surface area contributed by atoms with Crippen LogP contribution in [0, 0.1) is 44.0 Å². The van der Waals surface area contributed by atoms with E-state index in [1.54, 1.807) is 32.0 Å². The summed E-state index contributed by atoms with van der Waals surface area (Å²) in [6.07, 6.45) is 0. The molecule has 0 aliphatic rings. The number of benzene rings is 2. The van der Waals surface area contributed by atoms with Crippen molar-refractivity contribution in [2.24, 2.45) is 0 Å². The minimum Gasteiger partial charge on any atom is -0.493 e. The number of halogens is 4. The number of aromatic hydroxyl groups is 1. The van der Waals surface area contributed by atoms with E-state index in [0.29, 0.717) is 16.7 Å². The molecule has 0 bridgehead atoms. The van der Waals surface area contributed by atoms with Gasteiger partial charge >= 0.3 is 0 Å². The smallest absolute Gasteiger partial charge is 0.226 e. The molecule has 3 rings (SSSR count). The predicted octanol–water partition coefficient (Wildman–Crippen LogP) is 4.29. The number of hydrogen-bond donors (Lipinski definition) is 1. The van der Waals surface area contributed by atoms with E-state index in [1.165, 1.54) is 6.92 Å². The first-order valence-electron chi connectivity index (χ1n) is 7.88. The first kappa shape index (κ1) is 21.8. The summed E-state index contributed by atoms with van der Waals surface area (Å²) in [5.74, 6) is -8.32. The second kappa shape index (κ2) is 7.83. The molecule has 0 unspecified atom stereocenters. The fraction of sp³-hybridized carbons (Fsp3) is 0.158. The van der Waals surface area contributed by atoms with Gasteiger partial charge in [0.05, 0.1) is 5.69 Å². The molecule has 0 spiro atoms. The molecule has 0 saturated heterocycles. The van der Waals surface area contributed by atoms with Crippen LogP contribution in [-0.4, -0.2) is 20.7 Å². The molecule has 0 amide bonds. The van der Waals surface area contributed by atoms with Gasteiger partial charge in [0.2, 0.25) is 11.7 Å². The van der Waals surface area contributed by atoms with E-state index in [1.807, 2.05) is 0 Å². The molecule has 142 valence electrons. The van der Waals surface area contributed by atoms with Crippen molar-refractivity contribution in [3.8, 4) is 11.6 Å². The van der Waals surface area contributed by atoms with Crippen LogP contribution < -0.4 is 0 Å². The van der Waals surface area contributed by atoms with E-state index in [0.717, 1.165) is 0 Å². The number of nitrogens with zero attached hydrogens (tertiary/aromatic N) is 2. The maximum atomic E-state index is 14.1. The summed E-state index contributed by atoms with van der Waals surface area (Å²) in [5, 5.41) is 14.1. The molecule has 0 atom stereocenters. The van der Waals surface area contributed by atoms with Gasteiger partial charge in [0, 0.05) is 31.1 Å². The Morgan fingerprint density at radius 3 is 1.96 bits per heavy atom. The van der Waals surface area contributed by atoms with Crippen molar-refractivity contribution >= 4 is 5.78 Å². The molecule has 28 heavy (non-hydrogen) atoms. The number of ketones is 1. The standard InChI is InChI=1S/C19H14F4N2O2.Zn/c1-8-5-4-6-9(2)13(8)18(26)14-10(3)24-25(19(14)27)17-15(22)11(20)7-12(21)16(17)23;/h4-7,27H,1-3H3;. The summed E-state index contributed by atoms with van der Waals surface area (Å²) in [4.78, 5) is 12.9. The first-order valence-corrected chi connectivity index (χ1v) is 7.88. The molecule has 0 aliphatic carbocycles. The maximum absolute atomic E-state index is 14.1. The number of aromatic nitrogens is 2. The third-order valence-electron chi connectivity index (χ3n) is 4.27. The summed E-state index contributed by atoms with van der Waals surface area (Å²) in [5.41, 5.74) is -0.0589. The summed E-state index contributed by atoms with van der Waals surface area (Å²) in [7, 11) is 0. The molecule has 3 aromatic rings. The van der Waals surface area contributed by atoms with E-state index in [9.17, 15) is 27.5 Å². The van der Waals surface area contributed by atoms with E-state index < -0.39 is 40.6 Å². The van der Waals surface area contributed by atoms with Gasteiger partial charge in [0.15, 0.2) is 23.3 Å². The minimum absolute atomic E-state index is 0. The van der Waals surface area contributed by atoms with E-state index in [2.05, 4.69) is 5.10 Å². The maximum Gasteiger partial charge on any atom is 0.226 e. The molecular formula is C19H14F4N2O2Zn. The summed E-state index contributed by atoms with van der Waals surface area (Å²) in [6.45, 7) is 4.72. The van der Waals surface area contributed by atoms with Gasteiger partial charge < -0.3 is 5.11 Å². The number of carbonyl (C=O) groups excluding carboxylic acids is 1. The molecule has 0 radical (unpaired) electrons. The molecule has 0 fully saturated rings. The quantitative estimate of drug-likeness (QED) is 0.284. The molecule has 4 nitrogen and oxygen atoms in total. The Hall–Kier alpha value is -2.54. The van der Waals surface area contributed by atoms with Gasteiger partial charge in [0.1, 0.15) is 11.3 Å². The number of carbonyl (C=O) groups is 1. The Bertz CT molecular complexity index is 1050.